The summed E-state index contributed by atoms with van der Waals surface area (Å²) < 4.78 is 0. The third-order valence-electron chi connectivity index (χ3n) is 3.06. The Hall–Kier alpha value is -1.07. The van der Waals surface area contributed by atoms with E-state index >= 15 is 0 Å². The Labute approximate surface area is 92.1 Å². The molecule has 3 heterocycles. The summed E-state index contributed by atoms with van der Waals surface area (Å²) in [6.45, 7) is 1.90. The third kappa shape index (κ3) is 1.42. The van der Waals surface area contributed by atoms with Crippen LogP contribution in [0, 0.1) is 0 Å². The molecule has 15 heavy (non-hydrogen) atoms. The van der Waals surface area contributed by atoms with Gasteiger partial charge in [0.15, 0.2) is 0 Å². The number of hydrogen-bond acceptors (Lipinski definition) is 4. The lowest BCUT2D eigenvalue weighted by Crippen LogP contribution is -2.61. The van der Waals surface area contributed by atoms with Crippen molar-refractivity contribution in [3.05, 3.63) is 16.3 Å². The van der Waals surface area contributed by atoms with Gasteiger partial charge in [0.1, 0.15) is 10.5 Å². The number of hydrogen-bond donors (Lipinski definition) is 3. The summed E-state index contributed by atoms with van der Waals surface area (Å²) in [5.74, 6) is 0.0700. The fourth-order valence-electron chi connectivity index (χ4n) is 2.25. The van der Waals surface area contributed by atoms with Gasteiger partial charge in [-0.05, 0) is 24.5 Å². The molecule has 0 unspecified atom stereocenters. The van der Waals surface area contributed by atoms with E-state index < -0.39 is 0 Å². The molecule has 0 saturated carbocycles. The molecular weight excluding hydrogens is 210 g/mol. The summed E-state index contributed by atoms with van der Waals surface area (Å²) in [5.41, 5.74) is 0.779. The number of carbonyl (C=O) groups is 1. The number of rotatable bonds is 0. The molecule has 0 radical (unpaired) electrons. The van der Waals surface area contributed by atoms with E-state index in [9.17, 15) is 4.79 Å². The maximum Gasteiger partial charge on any atom is 0.265 e. The van der Waals surface area contributed by atoms with E-state index in [1.54, 1.807) is 0 Å². The minimum atomic E-state index is -0.212. The molecule has 1 spiro atoms. The Morgan fingerprint density at radius 1 is 1.27 bits per heavy atom. The zero-order valence-electron chi connectivity index (χ0n) is 8.30. The maximum atomic E-state index is 11.9. The van der Waals surface area contributed by atoms with Crippen LogP contribution >= 0.6 is 11.3 Å². The summed E-state index contributed by atoms with van der Waals surface area (Å²) in [7, 11) is 0. The van der Waals surface area contributed by atoms with Crippen LogP contribution in [0.15, 0.2) is 11.4 Å². The highest BCUT2D eigenvalue weighted by Gasteiger charge is 2.38. The maximum absolute atomic E-state index is 11.9. The van der Waals surface area contributed by atoms with Gasteiger partial charge in [-0.25, -0.2) is 0 Å². The van der Waals surface area contributed by atoms with Gasteiger partial charge in [-0.1, -0.05) is 0 Å². The first-order valence-corrected chi connectivity index (χ1v) is 6.06. The summed E-state index contributed by atoms with van der Waals surface area (Å²) in [5, 5.41) is 11.8. The molecule has 0 aliphatic carbocycles. The molecule has 2 aliphatic rings. The summed E-state index contributed by atoms with van der Waals surface area (Å²) in [6, 6.07) is 1.99. The second kappa shape index (κ2) is 3.21. The van der Waals surface area contributed by atoms with Crippen molar-refractivity contribution in [2.45, 2.75) is 18.5 Å². The van der Waals surface area contributed by atoms with Crippen LogP contribution in [-0.4, -0.2) is 24.7 Å². The largest absolute Gasteiger partial charge is 0.361 e. The Bertz CT molecular complexity index is 395. The van der Waals surface area contributed by atoms with Crippen LogP contribution in [0.3, 0.4) is 0 Å². The summed E-state index contributed by atoms with van der Waals surface area (Å²) >= 11 is 1.49. The van der Waals surface area contributed by atoms with Crippen molar-refractivity contribution in [2.75, 3.05) is 18.4 Å². The molecule has 1 aromatic rings. The molecule has 80 valence electrons. The topological polar surface area (TPSA) is 53.2 Å². The number of nitrogens with one attached hydrogen (secondary N) is 3. The molecule has 0 atom stereocenters. The highest BCUT2D eigenvalue weighted by atomic mass is 32.1. The quantitative estimate of drug-likeness (QED) is 0.614. The van der Waals surface area contributed by atoms with E-state index in [2.05, 4.69) is 16.0 Å². The number of piperidine rings is 1. The number of thiophene rings is 1. The predicted octanol–water partition coefficient (Wildman–Crippen LogP) is 0.983. The predicted molar refractivity (Wildman–Crippen MR) is 60.2 cm³/mol. The van der Waals surface area contributed by atoms with Gasteiger partial charge in [0.05, 0.1) is 5.69 Å². The number of amides is 1. The zero-order chi connectivity index (χ0) is 10.3. The number of carbonyl (C=O) groups excluding carboxylic acids is 1. The Morgan fingerprint density at radius 3 is 2.87 bits per heavy atom. The van der Waals surface area contributed by atoms with Crippen molar-refractivity contribution < 1.29 is 4.79 Å². The van der Waals surface area contributed by atoms with E-state index in [0.717, 1.165) is 36.5 Å². The van der Waals surface area contributed by atoms with E-state index in [1.807, 2.05) is 11.4 Å². The molecule has 0 aromatic carbocycles. The van der Waals surface area contributed by atoms with Crippen LogP contribution in [0.5, 0.6) is 0 Å². The van der Waals surface area contributed by atoms with Crippen molar-refractivity contribution in [1.82, 2.24) is 10.6 Å². The fourth-order valence-corrected chi connectivity index (χ4v) is 2.99. The first-order chi connectivity index (χ1) is 7.29. The molecule has 1 amide bonds. The van der Waals surface area contributed by atoms with Crippen molar-refractivity contribution in [1.29, 1.82) is 0 Å². The first kappa shape index (κ1) is 9.18. The van der Waals surface area contributed by atoms with E-state index in [0.29, 0.717) is 0 Å². The zero-order valence-corrected chi connectivity index (χ0v) is 9.12. The van der Waals surface area contributed by atoms with Gasteiger partial charge in [0.2, 0.25) is 0 Å². The Kier molecular flexibility index (Phi) is 1.97. The molecule has 1 aromatic heterocycles. The van der Waals surface area contributed by atoms with Crippen LogP contribution in [-0.2, 0) is 0 Å². The molecular formula is C10H13N3OS. The average molecular weight is 223 g/mol. The smallest absolute Gasteiger partial charge is 0.265 e. The first-order valence-electron chi connectivity index (χ1n) is 5.18. The summed E-state index contributed by atoms with van der Waals surface area (Å²) in [4.78, 5) is 12.7. The molecule has 4 nitrogen and oxygen atoms in total. The van der Waals surface area contributed by atoms with Crippen LogP contribution in [0.25, 0.3) is 0 Å². The fraction of sp³-hybridized carbons (Fsp3) is 0.500. The lowest BCUT2D eigenvalue weighted by Gasteiger charge is -2.42. The van der Waals surface area contributed by atoms with Crippen molar-refractivity contribution in [3.8, 4) is 0 Å². The van der Waals surface area contributed by atoms with Gasteiger partial charge >= 0.3 is 0 Å². The highest BCUT2D eigenvalue weighted by molar-refractivity contribution is 7.12. The Balaban J connectivity index is 1.94. The molecule has 2 aliphatic heterocycles. The van der Waals surface area contributed by atoms with Gasteiger partial charge < -0.3 is 16.0 Å². The van der Waals surface area contributed by atoms with E-state index in [4.69, 9.17) is 0 Å². The third-order valence-corrected chi connectivity index (χ3v) is 3.97. The van der Waals surface area contributed by atoms with Crippen LogP contribution < -0.4 is 16.0 Å². The number of fused-ring (bicyclic) bond motifs is 1. The number of anilines is 1. The minimum absolute atomic E-state index is 0.0700. The average Bonchev–Trinajstić information content (AvgIpc) is 2.67. The standard InChI is InChI=1S/C10H13N3OS/c14-9-8-7(1-6-15-8)12-10(13-9)2-4-11-5-3-10/h1,6,11-12H,2-5H2,(H,13,14). The lowest BCUT2D eigenvalue weighted by atomic mass is 9.95. The van der Waals surface area contributed by atoms with E-state index in [-0.39, 0.29) is 11.6 Å². The van der Waals surface area contributed by atoms with Gasteiger partial charge in [-0.2, -0.15) is 0 Å². The SMILES string of the molecule is O=C1NC2(CCNCC2)Nc2ccsc21. The monoisotopic (exact) mass is 223 g/mol. The van der Waals surface area contributed by atoms with Gasteiger partial charge in [-0.3, -0.25) is 4.79 Å². The lowest BCUT2D eigenvalue weighted by molar-refractivity contribution is 0.0886. The van der Waals surface area contributed by atoms with Gasteiger partial charge in [-0.15, -0.1) is 11.3 Å². The van der Waals surface area contributed by atoms with Gasteiger partial charge in [0, 0.05) is 12.8 Å². The molecule has 3 rings (SSSR count). The van der Waals surface area contributed by atoms with Crippen LogP contribution in [0.2, 0.25) is 0 Å². The van der Waals surface area contributed by atoms with Crippen LogP contribution in [0.1, 0.15) is 22.5 Å². The second-order valence-corrected chi connectivity index (χ2v) is 4.99. The molecule has 3 N–H and O–H groups in total. The minimum Gasteiger partial charge on any atom is -0.361 e. The van der Waals surface area contributed by atoms with Gasteiger partial charge in [0.25, 0.3) is 5.91 Å². The summed E-state index contributed by atoms with van der Waals surface area (Å²) in [6.07, 6.45) is 1.88. The molecule has 0 bridgehead atoms. The molecule has 1 saturated heterocycles. The van der Waals surface area contributed by atoms with Crippen molar-refractivity contribution >= 4 is 22.9 Å². The van der Waals surface area contributed by atoms with Crippen LogP contribution in [0.4, 0.5) is 5.69 Å². The molecule has 1 fully saturated rings. The Morgan fingerprint density at radius 2 is 2.07 bits per heavy atom. The second-order valence-electron chi connectivity index (χ2n) is 4.07. The van der Waals surface area contributed by atoms with Crippen molar-refractivity contribution in [2.24, 2.45) is 0 Å². The highest BCUT2D eigenvalue weighted by Crippen LogP contribution is 2.32. The van der Waals surface area contributed by atoms with E-state index in [1.165, 1.54) is 11.3 Å². The molecule has 5 heteroatoms. The normalized spacial score (nSPS) is 23.1. The van der Waals surface area contributed by atoms with Crippen molar-refractivity contribution in [3.63, 3.8) is 0 Å².